The van der Waals surface area contributed by atoms with Crippen molar-refractivity contribution in [3.05, 3.63) is 23.4 Å². The molecule has 2 rings (SSSR count). The van der Waals surface area contributed by atoms with Gasteiger partial charge in [0.05, 0.1) is 12.1 Å². The van der Waals surface area contributed by atoms with Crippen LogP contribution in [0.1, 0.15) is 11.1 Å². The third-order valence-electron chi connectivity index (χ3n) is 2.72. The number of aliphatic hydroxyl groups is 1. The number of pyridine rings is 1. The van der Waals surface area contributed by atoms with E-state index in [-0.39, 0.29) is 37.0 Å². The summed E-state index contributed by atoms with van der Waals surface area (Å²) in [6.07, 6.45) is 1.51. The maximum atomic E-state index is 9.64. The van der Waals surface area contributed by atoms with Gasteiger partial charge in [-0.2, -0.15) is 0 Å². The number of nitrogens with zero attached hydrogens (tertiary/aromatic N) is 1. The summed E-state index contributed by atoms with van der Waals surface area (Å²) in [6, 6.07) is 2.16. The lowest BCUT2D eigenvalue weighted by molar-refractivity contribution is 0.185. The van der Waals surface area contributed by atoms with Crippen molar-refractivity contribution in [2.75, 3.05) is 18.4 Å². The Morgan fingerprint density at radius 2 is 2.06 bits per heavy atom. The molecule has 6 heteroatoms. The number of aliphatic hydroxyl groups excluding tert-OH is 1. The normalized spacial score (nSPS) is 22.5. The minimum absolute atomic E-state index is 0. The molecule has 1 fully saturated rings. The minimum Gasteiger partial charge on any atom is -0.390 e. The van der Waals surface area contributed by atoms with Crippen molar-refractivity contribution >= 4 is 30.6 Å². The van der Waals surface area contributed by atoms with E-state index in [0.29, 0.717) is 6.54 Å². The van der Waals surface area contributed by atoms with E-state index in [2.05, 4.69) is 21.7 Å². The number of anilines is 1. The number of hydrogen-bond acceptors (Lipinski definition) is 4. The molecule has 0 saturated carbocycles. The zero-order chi connectivity index (χ0) is 10.8. The number of rotatable bonds is 2. The van der Waals surface area contributed by atoms with Crippen molar-refractivity contribution < 1.29 is 5.11 Å². The monoisotopic (exact) mass is 279 g/mol. The molecule has 0 aliphatic carbocycles. The molecule has 98 valence electrons. The smallest absolute Gasteiger partial charge is 0.129 e. The van der Waals surface area contributed by atoms with Crippen LogP contribution in [-0.4, -0.2) is 35.3 Å². The fourth-order valence-electron chi connectivity index (χ4n) is 1.85. The summed E-state index contributed by atoms with van der Waals surface area (Å²) in [4.78, 5) is 4.33. The van der Waals surface area contributed by atoms with Gasteiger partial charge in [-0.25, -0.2) is 4.98 Å². The van der Waals surface area contributed by atoms with Crippen molar-refractivity contribution in [2.45, 2.75) is 26.0 Å². The first kappa shape index (κ1) is 16.4. The van der Waals surface area contributed by atoms with Gasteiger partial charge in [0.25, 0.3) is 0 Å². The highest BCUT2D eigenvalue weighted by Crippen LogP contribution is 2.15. The van der Waals surface area contributed by atoms with E-state index < -0.39 is 0 Å². The van der Waals surface area contributed by atoms with Gasteiger partial charge in [0.15, 0.2) is 0 Å². The minimum atomic E-state index is -0.326. The van der Waals surface area contributed by atoms with Crippen molar-refractivity contribution in [1.29, 1.82) is 0 Å². The molecular formula is C11H19Cl2N3O. The fourth-order valence-corrected chi connectivity index (χ4v) is 1.85. The highest BCUT2D eigenvalue weighted by molar-refractivity contribution is 5.85. The second-order valence-electron chi connectivity index (χ2n) is 4.15. The predicted octanol–water partition coefficient (Wildman–Crippen LogP) is 1.29. The number of halogens is 2. The molecule has 0 amide bonds. The Kier molecular flexibility index (Phi) is 6.78. The van der Waals surface area contributed by atoms with Gasteiger partial charge in [0, 0.05) is 19.3 Å². The molecule has 1 aliphatic heterocycles. The first-order valence-electron chi connectivity index (χ1n) is 5.25. The molecule has 2 atom stereocenters. The first-order chi connectivity index (χ1) is 7.16. The molecule has 0 unspecified atom stereocenters. The summed E-state index contributed by atoms with van der Waals surface area (Å²) in [5, 5.41) is 16.0. The Labute approximate surface area is 114 Å². The average molecular weight is 280 g/mol. The molecule has 4 nitrogen and oxygen atoms in total. The van der Waals surface area contributed by atoms with E-state index in [4.69, 9.17) is 0 Å². The molecule has 0 aromatic carbocycles. The summed E-state index contributed by atoms with van der Waals surface area (Å²) in [6.45, 7) is 5.49. The van der Waals surface area contributed by atoms with Crippen LogP contribution in [0.4, 0.5) is 5.82 Å². The van der Waals surface area contributed by atoms with Gasteiger partial charge in [0.2, 0.25) is 0 Å². The van der Waals surface area contributed by atoms with Gasteiger partial charge < -0.3 is 15.7 Å². The molecule has 0 bridgehead atoms. The molecule has 1 aromatic heterocycles. The van der Waals surface area contributed by atoms with Crippen LogP contribution in [-0.2, 0) is 0 Å². The number of aryl methyl sites for hydroxylation is 2. The lowest BCUT2D eigenvalue weighted by Crippen LogP contribution is -2.32. The van der Waals surface area contributed by atoms with Gasteiger partial charge in [-0.15, -0.1) is 24.8 Å². The molecule has 3 N–H and O–H groups in total. The predicted molar refractivity (Wildman–Crippen MR) is 74.5 cm³/mol. The molecule has 2 heterocycles. The topological polar surface area (TPSA) is 57.2 Å². The van der Waals surface area contributed by atoms with E-state index in [0.717, 1.165) is 23.5 Å². The second-order valence-corrected chi connectivity index (χ2v) is 4.15. The SMILES string of the molecule is Cc1cnc(N[C@@H]2CNC[C@H]2O)c(C)c1.Cl.Cl. The van der Waals surface area contributed by atoms with Crippen molar-refractivity contribution in [2.24, 2.45) is 0 Å². The van der Waals surface area contributed by atoms with Gasteiger partial charge >= 0.3 is 0 Å². The number of nitrogens with one attached hydrogen (secondary N) is 2. The Morgan fingerprint density at radius 3 is 2.59 bits per heavy atom. The van der Waals surface area contributed by atoms with Crippen molar-refractivity contribution in [3.8, 4) is 0 Å². The molecular weight excluding hydrogens is 261 g/mol. The van der Waals surface area contributed by atoms with Gasteiger partial charge in [0.1, 0.15) is 5.82 Å². The van der Waals surface area contributed by atoms with Crippen LogP contribution < -0.4 is 10.6 Å². The molecule has 0 spiro atoms. The number of aromatic nitrogens is 1. The van der Waals surface area contributed by atoms with Crippen LogP contribution in [0.25, 0.3) is 0 Å². The second kappa shape index (κ2) is 7.01. The van der Waals surface area contributed by atoms with Crippen molar-refractivity contribution in [1.82, 2.24) is 10.3 Å². The zero-order valence-electron chi connectivity index (χ0n) is 9.93. The van der Waals surface area contributed by atoms with Crippen molar-refractivity contribution in [3.63, 3.8) is 0 Å². The molecule has 17 heavy (non-hydrogen) atoms. The number of β-amino-alcohol motifs (C(OH)–C–C–N with tert-alkyl or cyclic N) is 1. The maximum absolute atomic E-state index is 9.64. The average Bonchev–Trinajstić information content (AvgIpc) is 2.57. The summed E-state index contributed by atoms with van der Waals surface area (Å²) < 4.78 is 0. The van der Waals surface area contributed by atoms with E-state index in [9.17, 15) is 5.11 Å². The largest absolute Gasteiger partial charge is 0.390 e. The lowest BCUT2D eigenvalue weighted by atomic mass is 10.2. The van der Waals surface area contributed by atoms with E-state index in [1.807, 2.05) is 20.0 Å². The third kappa shape index (κ3) is 4.00. The van der Waals surface area contributed by atoms with Crippen LogP contribution in [0.2, 0.25) is 0 Å². The fraction of sp³-hybridized carbons (Fsp3) is 0.545. The van der Waals surface area contributed by atoms with Crippen LogP contribution in [0.15, 0.2) is 12.3 Å². The van der Waals surface area contributed by atoms with E-state index in [1.54, 1.807) is 0 Å². The van der Waals surface area contributed by atoms with Crippen LogP contribution in [0, 0.1) is 13.8 Å². The Bertz CT molecular complexity index is 363. The lowest BCUT2D eigenvalue weighted by Gasteiger charge is -2.17. The molecule has 1 aromatic rings. The number of hydrogen-bond donors (Lipinski definition) is 3. The summed E-state index contributed by atoms with van der Waals surface area (Å²) in [5.41, 5.74) is 2.28. The Hall–Kier alpha value is -0.550. The van der Waals surface area contributed by atoms with Gasteiger partial charge in [-0.3, -0.25) is 0 Å². The first-order valence-corrected chi connectivity index (χ1v) is 5.25. The Morgan fingerprint density at radius 1 is 1.35 bits per heavy atom. The highest BCUT2D eigenvalue weighted by atomic mass is 35.5. The van der Waals surface area contributed by atoms with Gasteiger partial charge in [-0.05, 0) is 25.0 Å². The summed E-state index contributed by atoms with van der Waals surface area (Å²) in [5.74, 6) is 0.869. The Balaban J connectivity index is 0.00000128. The van der Waals surface area contributed by atoms with Crippen LogP contribution in [0.3, 0.4) is 0 Å². The third-order valence-corrected chi connectivity index (χ3v) is 2.72. The molecule has 1 saturated heterocycles. The van der Waals surface area contributed by atoms with Crippen LogP contribution >= 0.6 is 24.8 Å². The zero-order valence-corrected chi connectivity index (χ0v) is 11.6. The van der Waals surface area contributed by atoms with E-state index in [1.165, 1.54) is 0 Å². The van der Waals surface area contributed by atoms with E-state index >= 15 is 0 Å². The summed E-state index contributed by atoms with van der Waals surface area (Å²) >= 11 is 0. The maximum Gasteiger partial charge on any atom is 0.129 e. The molecule has 0 radical (unpaired) electrons. The summed E-state index contributed by atoms with van der Waals surface area (Å²) in [7, 11) is 0. The molecule has 1 aliphatic rings. The standard InChI is InChI=1S/C11H17N3O.2ClH/c1-7-3-8(2)11(13-4-7)14-9-5-12-6-10(9)15;;/h3-4,9-10,12,15H,5-6H2,1-2H3,(H,13,14);2*1H/t9-,10-;;/m1../s1. The quantitative estimate of drug-likeness (QED) is 0.764. The van der Waals surface area contributed by atoms with Gasteiger partial charge in [-0.1, -0.05) is 6.07 Å². The highest BCUT2D eigenvalue weighted by Gasteiger charge is 2.25. The van der Waals surface area contributed by atoms with Crippen LogP contribution in [0.5, 0.6) is 0 Å².